The Balaban J connectivity index is 2.42. The van der Waals surface area contributed by atoms with Crippen LogP contribution in [0.15, 0.2) is 12.4 Å². The zero-order chi connectivity index (χ0) is 12.0. The molecule has 1 heterocycles. The lowest BCUT2D eigenvalue weighted by molar-refractivity contribution is 0.0412. The van der Waals surface area contributed by atoms with E-state index in [1.54, 1.807) is 13.3 Å². The van der Waals surface area contributed by atoms with E-state index in [9.17, 15) is 5.11 Å². The van der Waals surface area contributed by atoms with Gasteiger partial charge in [-0.2, -0.15) is 0 Å². The Kier molecular flexibility index (Phi) is 5.45. The number of likely N-dealkylation sites (N-methyl/N-ethyl adjacent to an activating group) is 1. The quantitative estimate of drug-likeness (QED) is 0.730. The number of rotatable bonds is 7. The first kappa shape index (κ1) is 13.2. The van der Waals surface area contributed by atoms with E-state index in [4.69, 9.17) is 4.74 Å². The van der Waals surface area contributed by atoms with E-state index in [1.165, 1.54) is 0 Å². The molecule has 5 heteroatoms. The lowest BCUT2D eigenvalue weighted by Gasteiger charge is -2.20. The third-order valence-electron chi connectivity index (χ3n) is 2.44. The predicted octanol–water partition coefficient (Wildman–Crippen LogP) is 0.342. The second-order valence-corrected chi connectivity index (χ2v) is 3.94. The molecule has 1 N–H and O–H groups in total. The van der Waals surface area contributed by atoms with Gasteiger partial charge in [-0.15, -0.1) is 0 Å². The van der Waals surface area contributed by atoms with Gasteiger partial charge in [0.25, 0.3) is 0 Å². The van der Waals surface area contributed by atoms with Crippen LogP contribution in [0, 0.1) is 0 Å². The molecule has 16 heavy (non-hydrogen) atoms. The molecule has 0 aliphatic rings. The number of aliphatic hydroxyl groups is 1. The molecule has 0 fully saturated rings. The van der Waals surface area contributed by atoms with E-state index in [0.29, 0.717) is 13.2 Å². The minimum Gasteiger partial charge on any atom is -0.389 e. The topological polar surface area (TPSA) is 50.5 Å². The maximum absolute atomic E-state index is 9.58. The van der Waals surface area contributed by atoms with E-state index < -0.39 is 6.10 Å². The highest BCUT2D eigenvalue weighted by atomic mass is 16.5. The van der Waals surface area contributed by atoms with Crippen molar-refractivity contribution in [2.75, 3.05) is 27.3 Å². The van der Waals surface area contributed by atoms with E-state index >= 15 is 0 Å². The Labute approximate surface area is 96.7 Å². The number of hydrogen-bond acceptors (Lipinski definition) is 4. The molecule has 1 rings (SSSR count). The van der Waals surface area contributed by atoms with Gasteiger partial charge in [0.1, 0.15) is 5.82 Å². The molecule has 0 aromatic carbocycles. The fraction of sp³-hybridized carbons (Fsp3) is 0.727. The minimum atomic E-state index is -0.444. The Morgan fingerprint density at radius 3 is 3.00 bits per heavy atom. The van der Waals surface area contributed by atoms with E-state index in [-0.39, 0.29) is 0 Å². The normalized spacial score (nSPS) is 13.3. The second-order valence-electron chi connectivity index (χ2n) is 3.94. The van der Waals surface area contributed by atoms with Crippen molar-refractivity contribution < 1.29 is 9.84 Å². The second kappa shape index (κ2) is 6.62. The standard InChI is InChI=1S/C11H21N3O2/c1-4-14-6-5-12-11(14)8-13(2)7-10(15)9-16-3/h5-6,10,15H,4,7-9H2,1-3H3. The van der Waals surface area contributed by atoms with Crippen molar-refractivity contribution in [3.8, 4) is 0 Å². The van der Waals surface area contributed by atoms with Crippen LogP contribution < -0.4 is 0 Å². The largest absolute Gasteiger partial charge is 0.389 e. The summed E-state index contributed by atoms with van der Waals surface area (Å²) in [5, 5.41) is 9.58. The summed E-state index contributed by atoms with van der Waals surface area (Å²) < 4.78 is 6.98. The highest BCUT2D eigenvalue weighted by molar-refractivity contribution is 4.91. The molecular weight excluding hydrogens is 206 g/mol. The van der Waals surface area contributed by atoms with Crippen LogP contribution in [0.3, 0.4) is 0 Å². The van der Waals surface area contributed by atoms with Gasteiger partial charge in [0.05, 0.1) is 19.3 Å². The molecule has 0 saturated carbocycles. The number of methoxy groups -OCH3 is 1. The van der Waals surface area contributed by atoms with E-state index in [1.807, 2.05) is 18.1 Å². The molecule has 0 spiro atoms. The number of aromatic nitrogens is 2. The average molecular weight is 227 g/mol. The molecule has 92 valence electrons. The summed E-state index contributed by atoms with van der Waals surface area (Å²) in [6, 6.07) is 0. The van der Waals surface area contributed by atoms with Crippen molar-refractivity contribution in [1.82, 2.24) is 14.5 Å². The number of ether oxygens (including phenoxy) is 1. The average Bonchev–Trinajstić information content (AvgIpc) is 2.65. The molecule has 0 radical (unpaired) electrons. The van der Waals surface area contributed by atoms with Gasteiger partial charge in [-0.1, -0.05) is 0 Å². The van der Waals surface area contributed by atoms with Gasteiger partial charge in [0.2, 0.25) is 0 Å². The number of aliphatic hydroxyl groups excluding tert-OH is 1. The highest BCUT2D eigenvalue weighted by Crippen LogP contribution is 2.02. The van der Waals surface area contributed by atoms with Crippen LogP contribution in [0.1, 0.15) is 12.7 Å². The maximum Gasteiger partial charge on any atom is 0.122 e. The van der Waals surface area contributed by atoms with Crippen molar-refractivity contribution in [3.05, 3.63) is 18.2 Å². The van der Waals surface area contributed by atoms with Gasteiger partial charge in [-0.3, -0.25) is 4.90 Å². The van der Waals surface area contributed by atoms with Crippen molar-refractivity contribution >= 4 is 0 Å². The fourth-order valence-corrected chi connectivity index (χ4v) is 1.69. The third-order valence-corrected chi connectivity index (χ3v) is 2.44. The monoisotopic (exact) mass is 227 g/mol. The molecule has 1 atom stereocenters. The van der Waals surface area contributed by atoms with Gasteiger partial charge < -0.3 is 14.4 Å². The van der Waals surface area contributed by atoms with Crippen molar-refractivity contribution in [3.63, 3.8) is 0 Å². The molecule has 0 saturated heterocycles. The van der Waals surface area contributed by atoms with Crippen LogP contribution in [0.25, 0.3) is 0 Å². The molecule has 0 amide bonds. The van der Waals surface area contributed by atoms with Crippen molar-refractivity contribution in [2.45, 2.75) is 26.1 Å². The first-order valence-electron chi connectivity index (χ1n) is 5.53. The van der Waals surface area contributed by atoms with Gasteiger partial charge in [-0.05, 0) is 14.0 Å². The van der Waals surface area contributed by atoms with E-state index in [0.717, 1.165) is 18.9 Å². The van der Waals surface area contributed by atoms with Crippen molar-refractivity contribution in [1.29, 1.82) is 0 Å². The molecule has 0 bridgehead atoms. The van der Waals surface area contributed by atoms with Crippen LogP contribution in [-0.2, 0) is 17.8 Å². The maximum atomic E-state index is 9.58. The van der Waals surface area contributed by atoms with Gasteiger partial charge in [-0.25, -0.2) is 4.98 Å². The van der Waals surface area contributed by atoms with Crippen LogP contribution in [0.2, 0.25) is 0 Å². The van der Waals surface area contributed by atoms with Crippen LogP contribution in [0.5, 0.6) is 0 Å². The zero-order valence-corrected chi connectivity index (χ0v) is 10.3. The summed E-state index contributed by atoms with van der Waals surface area (Å²) in [7, 11) is 3.56. The summed E-state index contributed by atoms with van der Waals surface area (Å²) in [6.45, 7) is 4.70. The zero-order valence-electron chi connectivity index (χ0n) is 10.3. The van der Waals surface area contributed by atoms with Crippen LogP contribution >= 0.6 is 0 Å². The van der Waals surface area contributed by atoms with E-state index in [2.05, 4.69) is 16.5 Å². The molecule has 1 aromatic rings. The molecule has 0 aliphatic heterocycles. The Hall–Kier alpha value is -0.910. The number of nitrogens with zero attached hydrogens (tertiary/aromatic N) is 3. The van der Waals surface area contributed by atoms with Crippen LogP contribution in [-0.4, -0.2) is 53.0 Å². The lowest BCUT2D eigenvalue weighted by Crippen LogP contribution is -2.32. The summed E-state index contributed by atoms with van der Waals surface area (Å²) in [5.74, 6) is 1.02. The smallest absolute Gasteiger partial charge is 0.122 e. The summed E-state index contributed by atoms with van der Waals surface area (Å²) in [4.78, 5) is 6.33. The number of aryl methyl sites for hydroxylation is 1. The number of hydrogen-bond donors (Lipinski definition) is 1. The first-order chi connectivity index (χ1) is 7.67. The van der Waals surface area contributed by atoms with Gasteiger partial charge >= 0.3 is 0 Å². The molecular formula is C11H21N3O2. The molecule has 0 aliphatic carbocycles. The summed E-state index contributed by atoms with van der Waals surface area (Å²) in [6.07, 6.45) is 3.33. The Morgan fingerprint density at radius 1 is 1.62 bits per heavy atom. The minimum absolute atomic E-state index is 0.368. The molecule has 5 nitrogen and oxygen atoms in total. The Bertz CT molecular complexity index is 301. The lowest BCUT2D eigenvalue weighted by atomic mass is 10.3. The van der Waals surface area contributed by atoms with Gasteiger partial charge in [0, 0.05) is 32.6 Å². The number of imidazole rings is 1. The molecule has 1 unspecified atom stereocenters. The first-order valence-corrected chi connectivity index (χ1v) is 5.53. The highest BCUT2D eigenvalue weighted by Gasteiger charge is 2.10. The third kappa shape index (κ3) is 3.92. The Morgan fingerprint density at radius 2 is 2.38 bits per heavy atom. The summed E-state index contributed by atoms with van der Waals surface area (Å²) >= 11 is 0. The van der Waals surface area contributed by atoms with Crippen molar-refractivity contribution in [2.24, 2.45) is 0 Å². The molecule has 1 aromatic heterocycles. The fourth-order valence-electron chi connectivity index (χ4n) is 1.69. The van der Waals surface area contributed by atoms with Gasteiger partial charge in [0.15, 0.2) is 0 Å². The SMILES string of the molecule is CCn1ccnc1CN(C)CC(O)COC. The summed E-state index contributed by atoms with van der Waals surface area (Å²) in [5.41, 5.74) is 0. The van der Waals surface area contributed by atoms with Crippen LogP contribution in [0.4, 0.5) is 0 Å². The predicted molar refractivity (Wildman–Crippen MR) is 62.1 cm³/mol.